The smallest absolute Gasteiger partial charge is 0.253 e. The lowest BCUT2D eigenvalue weighted by molar-refractivity contribution is -0.130. The first kappa shape index (κ1) is 31.0. The van der Waals surface area contributed by atoms with Crippen LogP contribution in [0.1, 0.15) is 39.1 Å². The van der Waals surface area contributed by atoms with Gasteiger partial charge in [-0.1, -0.05) is 48.2 Å². The standard InChI is InChI=1S/C33H29FN6O4S2/c1-43-27-15-12-22(17-28(27)44-2)32(42)35-19-30-36-37-33(39(30)24-7-4-3-5-8-24)46-20-31(41)40-26(21-10-13-23(34)14-11-21)18-25(38-40)29-9-6-16-45-29/h3-17,26H,18-20H2,1-2H3,(H,35,42)/t26-/m1/s1. The minimum atomic E-state index is -0.361. The summed E-state index contributed by atoms with van der Waals surface area (Å²) in [7, 11) is 3.04. The van der Waals surface area contributed by atoms with Crippen LogP contribution in [0, 0.1) is 5.82 Å². The van der Waals surface area contributed by atoms with Gasteiger partial charge in [-0.15, -0.1) is 21.5 Å². The number of thiophene rings is 1. The number of methoxy groups -OCH3 is 2. The highest BCUT2D eigenvalue weighted by atomic mass is 32.2. The van der Waals surface area contributed by atoms with Crippen LogP contribution in [0.2, 0.25) is 0 Å². The van der Waals surface area contributed by atoms with Crippen molar-refractivity contribution in [1.82, 2.24) is 25.1 Å². The Bertz CT molecular complexity index is 1860. The maximum atomic E-state index is 13.7. The zero-order chi connectivity index (χ0) is 32.0. The summed E-state index contributed by atoms with van der Waals surface area (Å²) < 4.78 is 26.1. The lowest BCUT2D eigenvalue weighted by Gasteiger charge is -2.22. The van der Waals surface area contributed by atoms with Crippen LogP contribution in [0.3, 0.4) is 0 Å². The van der Waals surface area contributed by atoms with E-state index in [1.54, 1.807) is 41.7 Å². The molecule has 1 atom stereocenters. The molecule has 0 aliphatic carbocycles. The number of nitrogens with one attached hydrogen (secondary N) is 1. The van der Waals surface area contributed by atoms with Crippen LogP contribution in [0.25, 0.3) is 5.69 Å². The molecule has 3 heterocycles. The van der Waals surface area contributed by atoms with E-state index in [2.05, 4.69) is 15.5 Å². The molecule has 234 valence electrons. The van der Waals surface area contributed by atoms with Crippen molar-refractivity contribution in [3.8, 4) is 17.2 Å². The van der Waals surface area contributed by atoms with E-state index < -0.39 is 0 Å². The molecule has 0 bridgehead atoms. The highest BCUT2D eigenvalue weighted by Crippen LogP contribution is 2.35. The van der Waals surface area contributed by atoms with Crippen molar-refractivity contribution in [2.45, 2.75) is 24.2 Å². The first-order valence-electron chi connectivity index (χ1n) is 14.3. The summed E-state index contributed by atoms with van der Waals surface area (Å²) in [5.41, 5.74) is 2.78. The SMILES string of the molecule is COc1ccc(C(=O)NCc2nnc(SCC(=O)N3N=C(c4cccs4)C[C@@H]3c3ccc(F)cc3)n2-c2ccccc2)cc1OC. The lowest BCUT2D eigenvalue weighted by Crippen LogP contribution is -2.28. The predicted molar refractivity (Wildman–Crippen MR) is 174 cm³/mol. The number of halogens is 1. The molecule has 1 aliphatic rings. The molecule has 1 aliphatic heterocycles. The van der Waals surface area contributed by atoms with Gasteiger partial charge in [0, 0.05) is 17.7 Å². The van der Waals surface area contributed by atoms with Crippen molar-refractivity contribution in [2.24, 2.45) is 5.10 Å². The Labute approximate surface area is 272 Å². The molecule has 1 N–H and O–H groups in total. The monoisotopic (exact) mass is 656 g/mol. The molecule has 0 saturated heterocycles. The number of rotatable bonds is 11. The number of hydrogen-bond acceptors (Lipinski definition) is 9. The number of amides is 2. The van der Waals surface area contributed by atoms with E-state index in [0.29, 0.717) is 34.5 Å². The first-order chi connectivity index (χ1) is 22.4. The molecule has 6 rings (SSSR count). The van der Waals surface area contributed by atoms with Gasteiger partial charge in [-0.2, -0.15) is 5.10 Å². The summed E-state index contributed by atoms with van der Waals surface area (Å²) >= 11 is 2.78. The van der Waals surface area contributed by atoms with E-state index in [4.69, 9.17) is 14.6 Å². The number of carbonyl (C=O) groups is 2. The Balaban J connectivity index is 1.21. The van der Waals surface area contributed by atoms with Gasteiger partial charge in [0.2, 0.25) is 0 Å². The van der Waals surface area contributed by atoms with Crippen molar-refractivity contribution in [3.63, 3.8) is 0 Å². The number of thioether (sulfide) groups is 1. The summed E-state index contributed by atoms with van der Waals surface area (Å²) in [4.78, 5) is 27.7. The molecule has 0 saturated carbocycles. The van der Waals surface area contributed by atoms with Gasteiger partial charge in [-0.3, -0.25) is 14.2 Å². The summed E-state index contributed by atoms with van der Waals surface area (Å²) in [6.45, 7) is 0.0802. The molecule has 0 unspecified atom stereocenters. The van der Waals surface area contributed by atoms with Gasteiger partial charge in [0.15, 0.2) is 22.5 Å². The van der Waals surface area contributed by atoms with E-state index in [0.717, 1.165) is 21.8 Å². The number of hydrogen-bond donors (Lipinski definition) is 1. The molecule has 0 spiro atoms. The van der Waals surface area contributed by atoms with Gasteiger partial charge in [-0.25, -0.2) is 9.40 Å². The Kier molecular flexibility index (Phi) is 9.41. The van der Waals surface area contributed by atoms with Crippen LogP contribution >= 0.6 is 23.1 Å². The first-order valence-corrected chi connectivity index (χ1v) is 16.1. The number of carbonyl (C=O) groups excluding carboxylic acids is 2. The molecule has 5 aromatic rings. The summed E-state index contributed by atoms with van der Waals surface area (Å²) in [5.74, 6) is 0.582. The van der Waals surface area contributed by atoms with Gasteiger partial charge in [0.1, 0.15) is 5.82 Å². The zero-order valence-corrected chi connectivity index (χ0v) is 26.6. The lowest BCUT2D eigenvalue weighted by atomic mass is 10.0. The number of para-hydroxylation sites is 1. The third-order valence-corrected chi connectivity index (χ3v) is 9.15. The minimum absolute atomic E-state index is 0.0296. The second kappa shape index (κ2) is 14.0. The fraction of sp³-hybridized carbons (Fsp3) is 0.182. The number of hydrazone groups is 1. The highest BCUT2D eigenvalue weighted by Gasteiger charge is 2.33. The van der Waals surface area contributed by atoms with Crippen LogP contribution in [0.5, 0.6) is 11.5 Å². The largest absolute Gasteiger partial charge is 0.493 e. The second-order valence-electron chi connectivity index (χ2n) is 10.1. The Morgan fingerprint density at radius 1 is 0.978 bits per heavy atom. The summed E-state index contributed by atoms with van der Waals surface area (Å²) in [5, 5.41) is 20.3. The maximum Gasteiger partial charge on any atom is 0.253 e. The van der Waals surface area contributed by atoms with Crippen LogP contribution in [0.15, 0.2) is 101 Å². The molecule has 10 nitrogen and oxygen atoms in total. The topological polar surface area (TPSA) is 111 Å². The normalized spacial score (nSPS) is 14.2. The second-order valence-corrected chi connectivity index (χ2v) is 12.0. The summed E-state index contributed by atoms with van der Waals surface area (Å²) in [6.07, 6.45) is 0.521. The zero-order valence-electron chi connectivity index (χ0n) is 24.9. The van der Waals surface area contributed by atoms with Crippen molar-refractivity contribution >= 4 is 40.6 Å². The van der Waals surface area contributed by atoms with Crippen LogP contribution < -0.4 is 14.8 Å². The van der Waals surface area contributed by atoms with E-state index in [1.807, 2.05) is 52.4 Å². The Hall–Kier alpha value is -5.01. The fourth-order valence-corrected chi connectivity index (χ4v) is 6.60. The fourth-order valence-electron chi connectivity index (χ4n) is 5.05. The average Bonchev–Trinajstić information content (AvgIpc) is 3.87. The number of aromatic nitrogens is 3. The average molecular weight is 657 g/mol. The van der Waals surface area contributed by atoms with E-state index >= 15 is 0 Å². The van der Waals surface area contributed by atoms with Crippen molar-refractivity contribution in [1.29, 1.82) is 0 Å². The van der Waals surface area contributed by atoms with Gasteiger partial charge in [0.05, 0.1) is 43.1 Å². The van der Waals surface area contributed by atoms with Crippen LogP contribution in [-0.2, 0) is 11.3 Å². The Morgan fingerprint density at radius 2 is 1.76 bits per heavy atom. The molecular formula is C33H29FN6O4S2. The van der Waals surface area contributed by atoms with E-state index in [-0.39, 0.29) is 36.0 Å². The van der Waals surface area contributed by atoms with Crippen LogP contribution in [0.4, 0.5) is 4.39 Å². The van der Waals surface area contributed by atoms with Crippen molar-refractivity contribution < 1.29 is 23.5 Å². The third-order valence-electron chi connectivity index (χ3n) is 7.32. The Morgan fingerprint density at radius 3 is 2.48 bits per heavy atom. The van der Waals surface area contributed by atoms with Gasteiger partial charge in [-0.05, 0) is 59.5 Å². The van der Waals surface area contributed by atoms with E-state index in [1.165, 1.54) is 43.1 Å². The minimum Gasteiger partial charge on any atom is -0.493 e. The molecule has 13 heteroatoms. The van der Waals surface area contributed by atoms with Gasteiger partial charge < -0.3 is 14.8 Å². The maximum absolute atomic E-state index is 13.7. The molecule has 0 radical (unpaired) electrons. The van der Waals surface area contributed by atoms with Crippen LogP contribution in [-0.4, -0.2) is 57.3 Å². The molecule has 46 heavy (non-hydrogen) atoms. The molecule has 0 fully saturated rings. The van der Waals surface area contributed by atoms with E-state index in [9.17, 15) is 14.0 Å². The molecule has 3 aromatic carbocycles. The summed E-state index contributed by atoms with van der Waals surface area (Å²) in [6, 6.07) is 24.1. The number of nitrogens with zero attached hydrogens (tertiary/aromatic N) is 5. The van der Waals surface area contributed by atoms with Crippen molar-refractivity contribution in [2.75, 3.05) is 20.0 Å². The predicted octanol–water partition coefficient (Wildman–Crippen LogP) is 5.89. The molecule has 2 aromatic heterocycles. The van der Waals surface area contributed by atoms with Gasteiger partial charge >= 0.3 is 0 Å². The molecular weight excluding hydrogens is 628 g/mol. The van der Waals surface area contributed by atoms with Crippen molar-refractivity contribution in [3.05, 3.63) is 118 Å². The third kappa shape index (κ3) is 6.65. The molecule has 2 amide bonds. The van der Waals surface area contributed by atoms with Gasteiger partial charge in [0.25, 0.3) is 11.8 Å². The quantitative estimate of drug-likeness (QED) is 0.177. The highest BCUT2D eigenvalue weighted by molar-refractivity contribution is 7.99. The number of ether oxygens (including phenoxy) is 2. The number of benzene rings is 3.